The van der Waals surface area contributed by atoms with Crippen LogP contribution in [-0.4, -0.2) is 173 Å². The van der Waals surface area contributed by atoms with Crippen LogP contribution in [0.25, 0.3) is 11.2 Å². The summed E-state index contributed by atoms with van der Waals surface area (Å²) in [7, 11) is -16.5. The molecule has 7 atom stereocenters. The summed E-state index contributed by atoms with van der Waals surface area (Å²) in [6.07, 6.45) is -6.87. The van der Waals surface area contributed by atoms with Gasteiger partial charge in [0.05, 0.1) is 56.7 Å². The minimum absolute atomic E-state index is 0.147. The molecule has 4 unspecified atom stereocenters. The number of phosphoric acid groups is 2. The number of nitrogens with zero attached hydrogens (tertiary/aromatic N) is 6. The number of ether oxygens (including phenoxy) is 1. The first-order valence-electron chi connectivity index (χ1n) is 20.4. The molecule has 35 heteroatoms. The number of carboxylic acid groups (broad SMARTS) is 4. The second-order valence-corrected chi connectivity index (χ2v) is 20.5. The van der Waals surface area contributed by atoms with E-state index in [1.54, 1.807) is 0 Å². The Balaban J connectivity index is 1.11. The lowest BCUT2D eigenvalue weighted by atomic mass is 10.1. The number of urea groups is 1. The molecule has 1 saturated heterocycles. The number of phosphoric ester groups is 1. The minimum atomic E-state index is -5.84. The predicted octanol–water partition coefficient (Wildman–Crippen LogP) is -1.29. The van der Waals surface area contributed by atoms with Crippen LogP contribution in [-0.2, 0) is 63.8 Å². The molecule has 0 bridgehead atoms. The van der Waals surface area contributed by atoms with Crippen LogP contribution in [0.2, 0.25) is 0 Å². The van der Waals surface area contributed by atoms with Gasteiger partial charge in [-0.2, -0.15) is 9.29 Å². The number of anilines is 2. The second-order valence-electron chi connectivity index (χ2n) is 15.3. The molecular weight excluding hydrogens is 1030 g/mol. The van der Waals surface area contributed by atoms with Crippen LogP contribution in [0.4, 0.5) is 16.4 Å². The van der Waals surface area contributed by atoms with E-state index in [1.807, 2.05) is 0 Å². The number of nitrogens with two attached hydrogens (primary N) is 1. The van der Waals surface area contributed by atoms with Crippen molar-refractivity contribution in [3.05, 3.63) is 75.6 Å². The molecular formula is C37H45N10O22P3. The van der Waals surface area contributed by atoms with Crippen molar-refractivity contribution in [1.29, 1.82) is 0 Å². The molecule has 0 aliphatic carbocycles. The number of aromatic nitrogens is 5. The van der Waals surface area contributed by atoms with E-state index in [9.17, 15) is 87.8 Å². The van der Waals surface area contributed by atoms with E-state index in [2.05, 4.69) is 55.6 Å². The monoisotopic (exact) mass is 1070 g/mol. The van der Waals surface area contributed by atoms with Gasteiger partial charge in [-0.05, 0) is 42.8 Å². The number of amides is 2. The average molecular weight is 1070 g/mol. The lowest BCUT2D eigenvalue weighted by Gasteiger charge is -2.20. The topological polar surface area (TPSA) is 489 Å². The van der Waals surface area contributed by atoms with E-state index in [4.69, 9.17) is 10.5 Å². The first kappa shape index (κ1) is 56.4. The number of benzene rings is 1. The van der Waals surface area contributed by atoms with Crippen LogP contribution in [0.5, 0.6) is 0 Å². The number of carbonyl (C=O) groups excluding carboxylic acids is 1. The van der Waals surface area contributed by atoms with Crippen molar-refractivity contribution in [3.8, 4) is 11.8 Å². The van der Waals surface area contributed by atoms with Crippen LogP contribution >= 0.6 is 23.2 Å². The van der Waals surface area contributed by atoms with Gasteiger partial charge in [0.2, 0.25) is 5.95 Å². The SMILES string of the molecule is Nc1nc2c(ncn2[C@@H]2O[C@H](COP(=O)(O)OP(=O)(O)OP(=O)(O)CCCNC(=O)Nc3ccc(C#Cc4cc(CN(CC(=O)O)CC(=O)O)nc(CN(CC(=O)O)CC(=O)O)c4)cc3)[C@H](O)C2O)c(=O)[nH]1. The van der Waals surface area contributed by atoms with E-state index < -0.39 is 122 Å². The number of carboxylic acids is 4. The maximum absolute atomic E-state index is 12.6. The number of aliphatic hydroxyl groups excluding tert-OH is 2. The maximum atomic E-state index is 12.6. The summed E-state index contributed by atoms with van der Waals surface area (Å²) in [6.45, 7) is -4.60. The number of imidazole rings is 1. The molecule has 5 rings (SSSR count). The maximum Gasteiger partial charge on any atom is 0.488 e. The fraction of sp³-hybridized carbons (Fsp3) is 0.378. The Bertz CT molecular complexity index is 2860. The molecule has 1 fully saturated rings. The molecule has 14 N–H and O–H groups in total. The molecule has 0 spiro atoms. The van der Waals surface area contributed by atoms with E-state index in [0.29, 0.717) is 5.56 Å². The van der Waals surface area contributed by atoms with Gasteiger partial charge in [-0.25, -0.2) is 23.2 Å². The fourth-order valence-corrected chi connectivity index (χ4v) is 10.8. The van der Waals surface area contributed by atoms with Crippen molar-refractivity contribution < 1.29 is 101 Å². The number of aromatic amines is 1. The number of pyridine rings is 1. The molecule has 4 aromatic rings. The summed E-state index contributed by atoms with van der Waals surface area (Å²) in [4.78, 5) is 117. The molecule has 1 aliphatic heterocycles. The number of nitrogen functional groups attached to an aromatic ring is 1. The lowest BCUT2D eigenvalue weighted by Crippen LogP contribution is -2.35. The van der Waals surface area contributed by atoms with Crippen LogP contribution in [0.3, 0.4) is 0 Å². The number of hydrogen-bond donors (Lipinski definition) is 13. The van der Waals surface area contributed by atoms with Gasteiger partial charge in [-0.3, -0.25) is 57.4 Å². The fourth-order valence-electron chi connectivity index (χ4n) is 6.64. The highest BCUT2D eigenvalue weighted by Crippen LogP contribution is 2.67. The van der Waals surface area contributed by atoms with Gasteiger partial charge in [-0.15, -0.1) is 0 Å². The highest BCUT2D eigenvalue weighted by atomic mass is 31.3. The third kappa shape index (κ3) is 17.4. The summed E-state index contributed by atoms with van der Waals surface area (Å²) in [5.41, 5.74) is 5.66. The number of hydrogen-bond acceptors (Lipinski definition) is 21. The number of nitrogens with one attached hydrogen (secondary N) is 3. The molecule has 0 radical (unpaired) electrons. The quantitative estimate of drug-likeness (QED) is 0.0208. The molecule has 3 aromatic heterocycles. The van der Waals surface area contributed by atoms with Crippen molar-refractivity contribution in [2.24, 2.45) is 0 Å². The second kappa shape index (κ2) is 24.3. The molecule has 32 nitrogen and oxygen atoms in total. The van der Waals surface area contributed by atoms with Gasteiger partial charge in [0.1, 0.15) is 18.3 Å². The van der Waals surface area contributed by atoms with E-state index in [1.165, 1.54) is 36.4 Å². The normalized spacial score (nSPS) is 19.2. The zero-order chi connectivity index (χ0) is 53.1. The van der Waals surface area contributed by atoms with Crippen LogP contribution in [0.15, 0.2) is 47.5 Å². The zero-order valence-electron chi connectivity index (χ0n) is 36.9. The standard InChI is InChI=1S/C37H45N10O22P3/c38-36-43-33-30(34(58)44-36)40-19-47(33)35-32(57)31(56)25(67-35)18-66-71(62,63)69-72(64,65)68-70(60,61)9-1-8-39-37(59)42-22-6-4-20(5-7-22)2-3-21-10-23(12-45(14-26(48)49)15-27(50)51)41-24(11-21)13-46(16-28(52)53)17-29(54)55/h4-7,10-11,19,25,31-32,35,56-57H,1,8-9,12-18H2,(H,48,49)(H,50,51)(H,52,53)(H,54,55)(H,60,61)(H,62,63)(H,64,65)(H2,39,42,59)(H3,38,43,44,58)/t25-,31+,32?,35-/m1/s1. The van der Waals surface area contributed by atoms with Gasteiger partial charge in [-0.1, -0.05) is 11.8 Å². The molecule has 0 saturated carbocycles. The summed E-state index contributed by atoms with van der Waals surface area (Å²) in [6, 6.07) is 7.95. The Hall–Kier alpha value is -6.52. The van der Waals surface area contributed by atoms with E-state index >= 15 is 0 Å². The zero-order valence-corrected chi connectivity index (χ0v) is 39.5. The lowest BCUT2D eigenvalue weighted by molar-refractivity contribution is -0.144. The molecule has 390 valence electrons. The number of aliphatic hydroxyl groups is 2. The number of H-pyrrole nitrogens is 1. The number of fused-ring (bicyclic) bond motifs is 1. The largest absolute Gasteiger partial charge is 0.488 e. The van der Waals surface area contributed by atoms with E-state index in [-0.39, 0.29) is 65.8 Å². The van der Waals surface area contributed by atoms with Crippen molar-refractivity contribution >= 4 is 75.9 Å². The van der Waals surface area contributed by atoms with Gasteiger partial charge in [0.25, 0.3) is 5.56 Å². The average Bonchev–Trinajstić information content (AvgIpc) is 3.78. The molecule has 72 heavy (non-hydrogen) atoms. The Kier molecular flexibility index (Phi) is 19.0. The summed E-state index contributed by atoms with van der Waals surface area (Å²) < 4.78 is 57.1. The summed E-state index contributed by atoms with van der Waals surface area (Å²) in [5, 5.41) is 63.0. The molecule has 2 amide bonds. The Morgan fingerprint density at radius 2 is 1.36 bits per heavy atom. The van der Waals surface area contributed by atoms with Crippen molar-refractivity contribution in [3.63, 3.8) is 0 Å². The highest BCUT2D eigenvalue weighted by molar-refractivity contribution is 7.68. The number of aliphatic carboxylic acids is 4. The summed E-state index contributed by atoms with van der Waals surface area (Å²) >= 11 is 0. The molecule has 1 aromatic carbocycles. The van der Waals surface area contributed by atoms with Crippen LogP contribution in [0, 0.1) is 11.8 Å². The van der Waals surface area contributed by atoms with Gasteiger partial charge >= 0.3 is 53.1 Å². The van der Waals surface area contributed by atoms with Gasteiger partial charge in [0, 0.05) is 36.4 Å². The van der Waals surface area contributed by atoms with Crippen molar-refractivity contribution in [2.45, 2.75) is 44.1 Å². The predicted molar refractivity (Wildman–Crippen MR) is 240 cm³/mol. The summed E-state index contributed by atoms with van der Waals surface area (Å²) in [5.74, 6) is 0.126. The molecule has 1 aliphatic rings. The number of carbonyl (C=O) groups is 5. The third-order valence-corrected chi connectivity index (χ3v) is 14.3. The first-order valence-corrected chi connectivity index (χ1v) is 25.2. The van der Waals surface area contributed by atoms with Crippen molar-refractivity contribution in [2.75, 3.05) is 56.5 Å². The van der Waals surface area contributed by atoms with Crippen LogP contribution in [0.1, 0.15) is 35.2 Å². The Labute approximate surface area is 403 Å². The minimum Gasteiger partial charge on any atom is -0.480 e. The smallest absolute Gasteiger partial charge is 0.480 e. The number of rotatable bonds is 25. The van der Waals surface area contributed by atoms with E-state index in [0.717, 1.165) is 20.7 Å². The first-order chi connectivity index (χ1) is 33.7. The Morgan fingerprint density at radius 3 is 1.92 bits per heavy atom. The molecule has 4 heterocycles. The van der Waals surface area contributed by atoms with Gasteiger partial charge < -0.3 is 66.4 Å². The Morgan fingerprint density at radius 1 is 0.806 bits per heavy atom. The van der Waals surface area contributed by atoms with Crippen LogP contribution < -0.4 is 21.9 Å². The van der Waals surface area contributed by atoms with Gasteiger partial charge in [0.15, 0.2) is 17.4 Å². The highest BCUT2D eigenvalue weighted by Gasteiger charge is 2.47. The van der Waals surface area contributed by atoms with Crippen molar-refractivity contribution in [1.82, 2.24) is 39.6 Å². The third-order valence-electron chi connectivity index (χ3n) is 9.44.